The third kappa shape index (κ3) is 3.19. The fourth-order valence-corrected chi connectivity index (χ4v) is 3.89. The predicted molar refractivity (Wildman–Crippen MR) is 102 cm³/mol. The molecule has 1 aromatic carbocycles. The van der Waals surface area contributed by atoms with Gasteiger partial charge in [-0.1, -0.05) is 0 Å². The molecule has 2 N–H and O–H groups in total. The molecule has 2 aromatic heterocycles. The Morgan fingerprint density at radius 2 is 2.15 bits per heavy atom. The minimum atomic E-state index is -0.541. The van der Waals surface area contributed by atoms with Crippen molar-refractivity contribution in [3.63, 3.8) is 0 Å². The first-order valence-corrected chi connectivity index (χ1v) is 9.08. The van der Waals surface area contributed by atoms with E-state index >= 15 is 0 Å². The van der Waals surface area contributed by atoms with Crippen LogP contribution in [0.4, 0.5) is 0 Å². The predicted octanol–water partition coefficient (Wildman–Crippen LogP) is 1.89. The lowest BCUT2D eigenvalue weighted by atomic mass is 10.0. The molecule has 4 rings (SSSR count). The van der Waals surface area contributed by atoms with Crippen molar-refractivity contribution in [2.24, 2.45) is 13.0 Å². The zero-order valence-corrected chi connectivity index (χ0v) is 15.8. The number of hydrogen-bond donors (Lipinski definition) is 2. The Bertz CT molecular complexity index is 990. The highest BCUT2D eigenvalue weighted by Gasteiger charge is 2.35. The monoisotopic (exact) mass is 368 g/mol. The van der Waals surface area contributed by atoms with Crippen molar-refractivity contribution in [3.05, 3.63) is 47.4 Å². The van der Waals surface area contributed by atoms with Crippen molar-refractivity contribution < 1.29 is 14.6 Å². The van der Waals surface area contributed by atoms with E-state index < -0.39 is 6.10 Å². The van der Waals surface area contributed by atoms with Crippen LogP contribution in [0.1, 0.15) is 21.9 Å². The van der Waals surface area contributed by atoms with Gasteiger partial charge in [-0.2, -0.15) is 5.10 Å². The fourth-order valence-electron chi connectivity index (χ4n) is 3.89. The van der Waals surface area contributed by atoms with Crippen molar-refractivity contribution in [2.75, 3.05) is 20.2 Å². The van der Waals surface area contributed by atoms with Gasteiger partial charge in [-0.05, 0) is 43.7 Å². The first-order chi connectivity index (χ1) is 13.0. The number of β-amino-alcohol motifs (C(OH)–C–C–N with tert-alkyl or cyclic N) is 1. The van der Waals surface area contributed by atoms with Gasteiger partial charge in [-0.15, -0.1) is 0 Å². The molecule has 3 aromatic rings. The van der Waals surface area contributed by atoms with Gasteiger partial charge in [0.05, 0.1) is 18.9 Å². The number of carbonyl (C=O) groups excluding carboxylic acids is 1. The number of nitrogens with one attached hydrogen (secondary N) is 1. The van der Waals surface area contributed by atoms with Gasteiger partial charge >= 0.3 is 0 Å². The summed E-state index contributed by atoms with van der Waals surface area (Å²) in [6.07, 6.45) is 0.113. The van der Waals surface area contributed by atoms with Crippen LogP contribution in [0.3, 0.4) is 0 Å². The van der Waals surface area contributed by atoms with Crippen molar-refractivity contribution in [3.8, 4) is 5.75 Å². The molecule has 0 aliphatic carbocycles. The number of aromatic amines is 1. The second kappa shape index (κ2) is 6.74. The van der Waals surface area contributed by atoms with Gasteiger partial charge in [-0.25, -0.2) is 0 Å². The number of rotatable bonds is 4. The van der Waals surface area contributed by atoms with Crippen LogP contribution in [0.2, 0.25) is 0 Å². The molecule has 0 radical (unpaired) electrons. The number of aromatic nitrogens is 3. The molecular formula is C20H24N4O3. The van der Waals surface area contributed by atoms with Crippen LogP contribution in [0.5, 0.6) is 5.75 Å². The Balaban J connectivity index is 1.54. The third-order valence-electron chi connectivity index (χ3n) is 5.39. The SMILES string of the molecule is COc1ccc2c(c1)cc(C(=O)N1C[C@@H](Cc3cc(C)[nH]n3)[C@H](O)C1)n2C. The van der Waals surface area contributed by atoms with Gasteiger partial charge < -0.3 is 19.3 Å². The number of aliphatic hydroxyl groups is 1. The summed E-state index contributed by atoms with van der Waals surface area (Å²) in [5.74, 6) is 0.692. The molecule has 0 saturated carbocycles. The van der Waals surface area contributed by atoms with Crippen LogP contribution < -0.4 is 4.74 Å². The smallest absolute Gasteiger partial charge is 0.270 e. The molecule has 27 heavy (non-hydrogen) atoms. The van der Waals surface area contributed by atoms with Gasteiger partial charge in [0.25, 0.3) is 5.91 Å². The van der Waals surface area contributed by atoms with E-state index in [1.807, 2.05) is 48.9 Å². The highest BCUT2D eigenvalue weighted by atomic mass is 16.5. The second-order valence-corrected chi connectivity index (χ2v) is 7.30. The molecule has 0 unspecified atom stereocenters. The molecule has 1 saturated heterocycles. The lowest BCUT2D eigenvalue weighted by molar-refractivity contribution is 0.0756. The minimum Gasteiger partial charge on any atom is -0.497 e. The van der Waals surface area contributed by atoms with Crippen LogP contribution in [0.25, 0.3) is 10.9 Å². The van der Waals surface area contributed by atoms with E-state index in [0.29, 0.717) is 25.2 Å². The zero-order valence-electron chi connectivity index (χ0n) is 15.8. The minimum absolute atomic E-state index is 0.00794. The maximum Gasteiger partial charge on any atom is 0.270 e. The van der Waals surface area contributed by atoms with Crippen LogP contribution in [-0.4, -0.2) is 57.0 Å². The molecule has 1 amide bonds. The molecular weight excluding hydrogens is 344 g/mol. The van der Waals surface area contributed by atoms with Crippen molar-refractivity contribution >= 4 is 16.8 Å². The van der Waals surface area contributed by atoms with Gasteiger partial charge in [-0.3, -0.25) is 9.89 Å². The maximum absolute atomic E-state index is 13.1. The number of likely N-dealkylation sites (tertiary alicyclic amines) is 1. The van der Waals surface area contributed by atoms with E-state index in [1.165, 1.54) is 0 Å². The summed E-state index contributed by atoms with van der Waals surface area (Å²) in [5.41, 5.74) is 3.50. The Kier molecular flexibility index (Phi) is 4.39. The van der Waals surface area contributed by atoms with Crippen molar-refractivity contribution in [2.45, 2.75) is 19.4 Å². The number of methoxy groups -OCH3 is 1. The lowest BCUT2D eigenvalue weighted by Crippen LogP contribution is -2.31. The first kappa shape index (κ1) is 17.6. The van der Waals surface area contributed by atoms with E-state index in [-0.39, 0.29) is 11.8 Å². The summed E-state index contributed by atoms with van der Waals surface area (Å²) in [6, 6.07) is 9.63. The summed E-state index contributed by atoms with van der Waals surface area (Å²) in [4.78, 5) is 14.8. The quantitative estimate of drug-likeness (QED) is 0.737. The second-order valence-electron chi connectivity index (χ2n) is 7.30. The number of benzene rings is 1. The Hall–Kier alpha value is -2.80. The molecule has 0 spiro atoms. The van der Waals surface area contributed by atoms with E-state index in [4.69, 9.17) is 4.74 Å². The number of hydrogen-bond acceptors (Lipinski definition) is 4. The molecule has 1 fully saturated rings. The highest BCUT2D eigenvalue weighted by molar-refractivity contribution is 5.99. The summed E-state index contributed by atoms with van der Waals surface area (Å²) in [7, 11) is 3.52. The third-order valence-corrected chi connectivity index (χ3v) is 5.39. The molecule has 142 valence electrons. The van der Waals surface area contributed by atoms with Gasteiger partial charge in [0.1, 0.15) is 11.4 Å². The lowest BCUT2D eigenvalue weighted by Gasteiger charge is -2.16. The van der Waals surface area contributed by atoms with E-state index in [0.717, 1.165) is 28.0 Å². The number of aliphatic hydroxyl groups excluding tert-OH is 1. The fraction of sp³-hybridized carbons (Fsp3) is 0.400. The van der Waals surface area contributed by atoms with E-state index in [1.54, 1.807) is 12.0 Å². The van der Waals surface area contributed by atoms with Crippen LogP contribution >= 0.6 is 0 Å². The van der Waals surface area contributed by atoms with Gasteiger partial charge in [0.2, 0.25) is 0 Å². The number of amides is 1. The topological polar surface area (TPSA) is 83.4 Å². The van der Waals surface area contributed by atoms with Gasteiger partial charge in [0.15, 0.2) is 0 Å². The molecule has 1 aliphatic rings. The normalized spacial score (nSPS) is 19.8. The van der Waals surface area contributed by atoms with E-state index in [2.05, 4.69) is 10.2 Å². The molecule has 0 bridgehead atoms. The average molecular weight is 368 g/mol. The number of nitrogens with zero attached hydrogens (tertiary/aromatic N) is 3. The largest absolute Gasteiger partial charge is 0.497 e. The van der Waals surface area contributed by atoms with Crippen LogP contribution in [0, 0.1) is 12.8 Å². The zero-order chi connectivity index (χ0) is 19.1. The molecule has 1 aliphatic heterocycles. The Morgan fingerprint density at radius 3 is 2.85 bits per heavy atom. The van der Waals surface area contributed by atoms with E-state index in [9.17, 15) is 9.90 Å². The number of H-pyrrole nitrogens is 1. The average Bonchev–Trinajstić information content (AvgIpc) is 3.33. The highest BCUT2D eigenvalue weighted by Crippen LogP contribution is 2.27. The summed E-state index contributed by atoms with van der Waals surface area (Å²) < 4.78 is 7.17. The summed E-state index contributed by atoms with van der Waals surface area (Å²) in [6.45, 7) is 2.82. The molecule has 7 heteroatoms. The molecule has 2 atom stereocenters. The number of ether oxygens (including phenoxy) is 1. The van der Waals surface area contributed by atoms with Crippen molar-refractivity contribution in [1.82, 2.24) is 19.7 Å². The molecule has 7 nitrogen and oxygen atoms in total. The summed E-state index contributed by atoms with van der Waals surface area (Å²) in [5, 5.41) is 18.6. The Morgan fingerprint density at radius 1 is 1.33 bits per heavy atom. The number of aryl methyl sites for hydroxylation is 2. The van der Waals surface area contributed by atoms with Crippen LogP contribution in [0.15, 0.2) is 30.3 Å². The Labute approximate surface area is 157 Å². The number of fused-ring (bicyclic) bond motifs is 1. The first-order valence-electron chi connectivity index (χ1n) is 9.08. The maximum atomic E-state index is 13.1. The van der Waals surface area contributed by atoms with Crippen molar-refractivity contribution in [1.29, 1.82) is 0 Å². The number of carbonyl (C=O) groups is 1. The molecule has 3 heterocycles. The standard InChI is InChI=1S/C20H24N4O3/c1-12-6-15(22-21-12)7-14-10-24(11-19(14)25)20(26)18-9-13-8-16(27-3)4-5-17(13)23(18)2/h4-6,8-9,14,19,25H,7,10-11H2,1-3H3,(H,21,22)/t14-,19-/m1/s1. The van der Waals surface area contributed by atoms with Crippen LogP contribution in [-0.2, 0) is 13.5 Å². The summed E-state index contributed by atoms with van der Waals surface area (Å²) >= 11 is 0. The van der Waals surface area contributed by atoms with Gasteiger partial charge in [0, 0.05) is 42.7 Å².